The minimum Gasteiger partial charge on any atom is -0.378 e. The molecule has 0 N–H and O–H groups in total. The molecule has 0 atom stereocenters. The number of carbonyl (C=O) groups excluding carboxylic acids is 1. The quantitative estimate of drug-likeness (QED) is 0.807. The number of hydrogen-bond donors (Lipinski definition) is 0. The molecule has 116 valence electrons. The summed E-state index contributed by atoms with van der Waals surface area (Å²) in [6.45, 7) is 7.03. The van der Waals surface area contributed by atoms with Crippen molar-refractivity contribution in [3.63, 3.8) is 0 Å². The van der Waals surface area contributed by atoms with Gasteiger partial charge in [-0.25, -0.2) is 0 Å². The van der Waals surface area contributed by atoms with E-state index in [4.69, 9.17) is 4.74 Å². The van der Waals surface area contributed by atoms with E-state index in [0.717, 1.165) is 18.5 Å². The highest BCUT2D eigenvalue weighted by molar-refractivity contribution is 5.94. The third-order valence-electron chi connectivity index (χ3n) is 4.02. The Bertz CT molecular complexity index is 433. The van der Waals surface area contributed by atoms with Gasteiger partial charge in [-0.05, 0) is 25.0 Å². The van der Waals surface area contributed by atoms with E-state index in [0.29, 0.717) is 37.8 Å². The maximum absolute atomic E-state index is 12.4. The van der Waals surface area contributed by atoms with Crippen LogP contribution in [0.25, 0.3) is 0 Å². The molecule has 1 amide bonds. The van der Waals surface area contributed by atoms with Crippen LogP contribution in [0.4, 0.5) is 0 Å². The third-order valence-corrected chi connectivity index (χ3v) is 4.02. The van der Waals surface area contributed by atoms with E-state index >= 15 is 0 Å². The van der Waals surface area contributed by atoms with Gasteiger partial charge in [-0.15, -0.1) is 0 Å². The number of amides is 1. The van der Waals surface area contributed by atoms with Crippen LogP contribution >= 0.6 is 0 Å². The van der Waals surface area contributed by atoms with E-state index in [1.165, 1.54) is 12.8 Å². The Morgan fingerprint density at radius 1 is 1.24 bits per heavy atom. The lowest BCUT2D eigenvalue weighted by Crippen LogP contribution is -2.40. The van der Waals surface area contributed by atoms with Gasteiger partial charge in [0.2, 0.25) is 0 Å². The second-order valence-corrected chi connectivity index (χ2v) is 5.65. The summed E-state index contributed by atoms with van der Waals surface area (Å²) in [6.07, 6.45) is 6.41. The Morgan fingerprint density at radius 3 is 2.43 bits per heavy atom. The van der Waals surface area contributed by atoms with Gasteiger partial charge in [0.1, 0.15) is 0 Å². The summed E-state index contributed by atoms with van der Waals surface area (Å²) in [5.41, 5.74) is 1.81. The van der Waals surface area contributed by atoms with Crippen molar-refractivity contribution < 1.29 is 9.53 Å². The average molecular weight is 290 g/mol. The smallest absolute Gasteiger partial charge is 0.255 e. The van der Waals surface area contributed by atoms with E-state index in [2.05, 4.69) is 18.8 Å². The minimum absolute atomic E-state index is 0.0693. The van der Waals surface area contributed by atoms with E-state index in [9.17, 15) is 4.79 Å². The molecule has 1 aliphatic heterocycles. The normalized spacial score (nSPS) is 15.5. The van der Waals surface area contributed by atoms with E-state index in [1.54, 1.807) is 6.20 Å². The molecule has 4 heteroatoms. The van der Waals surface area contributed by atoms with Crippen LogP contribution in [0, 0.1) is 0 Å². The van der Waals surface area contributed by atoms with Gasteiger partial charge in [-0.1, -0.05) is 26.7 Å². The highest BCUT2D eigenvalue weighted by Crippen LogP contribution is 2.24. The molecule has 2 rings (SSSR count). The van der Waals surface area contributed by atoms with Crippen LogP contribution in [-0.4, -0.2) is 42.1 Å². The van der Waals surface area contributed by atoms with Gasteiger partial charge in [0.05, 0.1) is 18.8 Å². The predicted octanol–water partition coefficient (Wildman–Crippen LogP) is 3.24. The Balaban J connectivity index is 2.04. The molecule has 4 nitrogen and oxygen atoms in total. The van der Waals surface area contributed by atoms with Crippen molar-refractivity contribution in [1.82, 2.24) is 9.88 Å². The fourth-order valence-electron chi connectivity index (χ4n) is 2.86. The molecule has 21 heavy (non-hydrogen) atoms. The number of rotatable bonds is 6. The molecule has 0 radical (unpaired) electrons. The largest absolute Gasteiger partial charge is 0.378 e. The Hall–Kier alpha value is -1.42. The lowest BCUT2D eigenvalue weighted by Gasteiger charge is -2.26. The molecular formula is C17H26N2O2. The van der Waals surface area contributed by atoms with E-state index in [-0.39, 0.29) is 5.91 Å². The fourth-order valence-corrected chi connectivity index (χ4v) is 2.86. The molecule has 1 aromatic rings. The Morgan fingerprint density at radius 2 is 1.90 bits per heavy atom. The summed E-state index contributed by atoms with van der Waals surface area (Å²) in [4.78, 5) is 18.8. The molecule has 0 aromatic carbocycles. The summed E-state index contributed by atoms with van der Waals surface area (Å²) < 4.78 is 5.28. The van der Waals surface area contributed by atoms with Gasteiger partial charge >= 0.3 is 0 Å². The van der Waals surface area contributed by atoms with Crippen molar-refractivity contribution in [2.75, 3.05) is 26.3 Å². The van der Waals surface area contributed by atoms with Crippen molar-refractivity contribution in [2.24, 2.45) is 0 Å². The zero-order valence-electron chi connectivity index (χ0n) is 13.2. The average Bonchev–Trinajstić information content (AvgIpc) is 2.55. The van der Waals surface area contributed by atoms with Gasteiger partial charge in [-0.2, -0.15) is 0 Å². The number of carbonyl (C=O) groups is 1. The first kappa shape index (κ1) is 16.0. The fraction of sp³-hybridized carbons (Fsp3) is 0.647. The molecule has 1 aliphatic rings. The van der Waals surface area contributed by atoms with Crippen LogP contribution in [0.1, 0.15) is 61.5 Å². The number of nitrogens with zero attached hydrogens (tertiary/aromatic N) is 2. The molecule has 0 unspecified atom stereocenters. The lowest BCUT2D eigenvalue weighted by molar-refractivity contribution is 0.0302. The first-order valence-corrected chi connectivity index (χ1v) is 8.09. The first-order chi connectivity index (χ1) is 10.3. The van der Waals surface area contributed by atoms with Gasteiger partial charge in [0.25, 0.3) is 5.91 Å². The maximum atomic E-state index is 12.4. The monoisotopic (exact) mass is 290 g/mol. The molecule has 0 aliphatic carbocycles. The summed E-state index contributed by atoms with van der Waals surface area (Å²) in [6, 6.07) is 3.96. The number of aromatic nitrogens is 1. The van der Waals surface area contributed by atoms with Gasteiger partial charge in [0, 0.05) is 30.9 Å². The Kier molecular flexibility index (Phi) is 6.18. The molecule has 0 bridgehead atoms. The van der Waals surface area contributed by atoms with Crippen LogP contribution in [0.15, 0.2) is 18.3 Å². The van der Waals surface area contributed by atoms with Gasteiger partial charge in [0.15, 0.2) is 0 Å². The van der Waals surface area contributed by atoms with Crippen LogP contribution in [0.3, 0.4) is 0 Å². The van der Waals surface area contributed by atoms with Crippen molar-refractivity contribution in [3.05, 3.63) is 29.6 Å². The first-order valence-electron chi connectivity index (χ1n) is 8.09. The number of morpholine rings is 1. The molecule has 2 heterocycles. The molecular weight excluding hydrogens is 264 g/mol. The number of ether oxygens (including phenoxy) is 1. The zero-order valence-corrected chi connectivity index (χ0v) is 13.2. The third kappa shape index (κ3) is 4.27. The number of pyridine rings is 1. The number of hydrogen-bond acceptors (Lipinski definition) is 3. The van der Waals surface area contributed by atoms with Crippen molar-refractivity contribution in [3.8, 4) is 0 Å². The Labute approximate surface area is 127 Å². The van der Waals surface area contributed by atoms with Crippen LogP contribution in [-0.2, 0) is 4.74 Å². The summed E-state index contributed by atoms with van der Waals surface area (Å²) in [5.74, 6) is 0.590. The van der Waals surface area contributed by atoms with Crippen LogP contribution in [0.2, 0.25) is 0 Å². The van der Waals surface area contributed by atoms with Gasteiger partial charge < -0.3 is 9.64 Å². The molecule has 1 fully saturated rings. The SMILES string of the molecule is CCCC(CCC)c1ccc(C(=O)N2CCOCC2)cn1. The zero-order chi connectivity index (χ0) is 15.1. The van der Waals surface area contributed by atoms with E-state index < -0.39 is 0 Å². The van der Waals surface area contributed by atoms with E-state index in [1.807, 2.05) is 17.0 Å². The highest BCUT2D eigenvalue weighted by Gasteiger charge is 2.19. The van der Waals surface area contributed by atoms with Crippen molar-refractivity contribution >= 4 is 5.91 Å². The lowest BCUT2D eigenvalue weighted by atomic mass is 9.94. The second-order valence-electron chi connectivity index (χ2n) is 5.65. The predicted molar refractivity (Wildman–Crippen MR) is 83.5 cm³/mol. The summed E-state index contributed by atoms with van der Waals surface area (Å²) >= 11 is 0. The molecule has 0 spiro atoms. The highest BCUT2D eigenvalue weighted by atomic mass is 16.5. The molecule has 0 saturated carbocycles. The molecule has 1 saturated heterocycles. The summed E-state index contributed by atoms with van der Waals surface area (Å²) in [5, 5.41) is 0. The minimum atomic E-state index is 0.0693. The summed E-state index contributed by atoms with van der Waals surface area (Å²) in [7, 11) is 0. The van der Waals surface area contributed by atoms with Gasteiger partial charge in [-0.3, -0.25) is 9.78 Å². The topological polar surface area (TPSA) is 42.4 Å². The van der Waals surface area contributed by atoms with Crippen molar-refractivity contribution in [2.45, 2.75) is 45.4 Å². The van der Waals surface area contributed by atoms with Crippen LogP contribution < -0.4 is 0 Å². The standard InChI is InChI=1S/C17H26N2O2/c1-3-5-14(6-4-2)16-8-7-15(13-18-16)17(20)19-9-11-21-12-10-19/h7-8,13-14H,3-6,9-12H2,1-2H3. The second kappa shape index (κ2) is 8.13. The van der Waals surface area contributed by atoms with Crippen molar-refractivity contribution in [1.29, 1.82) is 0 Å². The molecule has 1 aromatic heterocycles. The maximum Gasteiger partial charge on any atom is 0.255 e. The van der Waals surface area contributed by atoms with Crippen LogP contribution in [0.5, 0.6) is 0 Å².